The third kappa shape index (κ3) is 6.35. The number of carbonyl (C=O) groups excluding carboxylic acids is 1. The van der Waals surface area contributed by atoms with Gasteiger partial charge in [-0.2, -0.15) is 0 Å². The second-order valence-corrected chi connectivity index (χ2v) is 12.1. The summed E-state index contributed by atoms with van der Waals surface area (Å²) in [5, 5.41) is 12.0. The molecule has 194 valence electrons. The molecule has 0 saturated heterocycles. The standard InChI is InChI=1S/C21H18N.C11H20O2.Pt/c1-2-4-18-13-22-21(12-16(18)3-1)17-9-10-19-14-5-7-15(8-6-14)20(19)11-17;1-10(2,3)8(12)7-9(13)11(4,5)6;/h1-4,10-15H,5-8H2;7,12H,1-6H3;/q-1;;. The predicted octanol–water partition coefficient (Wildman–Crippen LogP) is 8.54. The van der Waals surface area contributed by atoms with Gasteiger partial charge in [-0.1, -0.05) is 90.6 Å². The number of benzene rings is 2. The van der Waals surface area contributed by atoms with Gasteiger partial charge in [-0.25, -0.2) is 0 Å². The second-order valence-electron chi connectivity index (χ2n) is 12.1. The van der Waals surface area contributed by atoms with Crippen LogP contribution in [0.2, 0.25) is 0 Å². The Morgan fingerprint density at radius 1 is 0.917 bits per heavy atom. The Morgan fingerprint density at radius 3 is 2.08 bits per heavy atom. The van der Waals surface area contributed by atoms with Crippen molar-refractivity contribution >= 4 is 16.6 Å². The summed E-state index contributed by atoms with van der Waals surface area (Å²) in [5.41, 5.74) is 4.57. The molecule has 3 aromatic rings. The molecule has 2 aromatic carbocycles. The van der Waals surface area contributed by atoms with Crippen molar-refractivity contribution in [2.45, 2.75) is 79.1 Å². The second kappa shape index (κ2) is 11.0. The molecule has 1 fully saturated rings. The number of hydrogen-bond acceptors (Lipinski definition) is 3. The molecule has 3 nitrogen and oxygen atoms in total. The number of allylic oxidation sites excluding steroid dienone is 2. The molecule has 1 saturated carbocycles. The molecule has 3 aliphatic rings. The molecule has 0 aliphatic heterocycles. The first-order chi connectivity index (χ1) is 16.4. The summed E-state index contributed by atoms with van der Waals surface area (Å²) in [5.74, 6) is 1.66. The zero-order valence-corrected chi connectivity index (χ0v) is 24.6. The minimum absolute atomic E-state index is 0. The number of aromatic nitrogens is 1. The fourth-order valence-electron chi connectivity index (χ4n) is 4.88. The Hall–Kier alpha value is -2.25. The Balaban J connectivity index is 0.000000226. The Morgan fingerprint density at radius 2 is 1.50 bits per heavy atom. The van der Waals surface area contributed by atoms with Crippen molar-refractivity contribution in [3.8, 4) is 11.3 Å². The number of ketones is 1. The van der Waals surface area contributed by atoms with Crippen molar-refractivity contribution < 1.29 is 31.0 Å². The number of fused-ring (bicyclic) bond motifs is 3. The zero-order chi connectivity index (χ0) is 25.4. The van der Waals surface area contributed by atoms with Gasteiger partial charge in [0.25, 0.3) is 0 Å². The van der Waals surface area contributed by atoms with Crippen LogP contribution >= 0.6 is 0 Å². The number of hydrogen-bond donors (Lipinski definition) is 1. The van der Waals surface area contributed by atoms with Gasteiger partial charge in [0.2, 0.25) is 0 Å². The van der Waals surface area contributed by atoms with E-state index in [0.29, 0.717) is 0 Å². The zero-order valence-electron chi connectivity index (χ0n) is 22.3. The van der Waals surface area contributed by atoms with Crippen LogP contribution in [0.1, 0.15) is 90.2 Å². The van der Waals surface area contributed by atoms with E-state index in [4.69, 9.17) is 0 Å². The first kappa shape index (κ1) is 28.3. The van der Waals surface area contributed by atoms with Crippen LogP contribution in [-0.4, -0.2) is 15.9 Å². The molecule has 36 heavy (non-hydrogen) atoms. The van der Waals surface area contributed by atoms with Crippen molar-refractivity contribution in [3.05, 3.63) is 77.7 Å². The van der Waals surface area contributed by atoms with E-state index in [-0.39, 0.29) is 38.0 Å². The van der Waals surface area contributed by atoms with Gasteiger partial charge in [-0.05, 0) is 35.2 Å². The molecule has 2 bridgehead atoms. The normalized spacial score (nSPS) is 19.1. The average molecular weight is 664 g/mol. The number of pyridine rings is 1. The molecular weight excluding hydrogens is 625 g/mol. The molecular formula is C32H38NO2Pt-. The van der Waals surface area contributed by atoms with E-state index in [1.165, 1.54) is 42.5 Å². The van der Waals surface area contributed by atoms with E-state index in [0.717, 1.165) is 23.1 Å². The van der Waals surface area contributed by atoms with Gasteiger partial charge in [0.1, 0.15) is 5.76 Å². The van der Waals surface area contributed by atoms with Crippen LogP contribution in [-0.2, 0) is 25.9 Å². The van der Waals surface area contributed by atoms with E-state index >= 15 is 0 Å². The fraction of sp³-hybridized carbons (Fsp3) is 0.438. The molecule has 0 atom stereocenters. The summed E-state index contributed by atoms with van der Waals surface area (Å²) in [7, 11) is 0. The summed E-state index contributed by atoms with van der Waals surface area (Å²) in [6.07, 6.45) is 8.79. The van der Waals surface area contributed by atoms with Crippen molar-refractivity contribution in [2.24, 2.45) is 10.8 Å². The monoisotopic (exact) mass is 663 g/mol. The first-order valence-electron chi connectivity index (χ1n) is 12.8. The number of nitrogens with zero attached hydrogens (tertiary/aromatic N) is 1. The Bertz CT molecular complexity index is 1260. The molecule has 0 spiro atoms. The van der Waals surface area contributed by atoms with E-state index < -0.39 is 5.41 Å². The summed E-state index contributed by atoms with van der Waals surface area (Å²) in [4.78, 5) is 16.1. The van der Waals surface area contributed by atoms with Crippen LogP contribution in [0.25, 0.3) is 22.0 Å². The van der Waals surface area contributed by atoms with Gasteiger partial charge in [-0.3, -0.25) is 4.79 Å². The van der Waals surface area contributed by atoms with E-state index in [1.807, 2.05) is 47.7 Å². The van der Waals surface area contributed by atoms with Gasteiger partial charge >= 0.3 is 0 Å². The third-order valence-corrected chi connectivity index (χ3v) is 7.31. The van der Waals surface area contributed by atoms with Crippen molar-refractivity contribution in [1.82, 2.24) is 4.98 Å². The maximum absolute atomic E-state index is 11.5. The number of aliphatic hydroxyl groups is 1. The van der Waals surface area contributed by atoms with Crippen molar-refractivity contribution in [1.29, 1.82) is 0 Å². The van der Waals surface area contributed by atoms with Crippen LogP contribution in [0.4, 0.5) is 0 Å². The summed E-state index contributed by atoms with van der Waals surface area (Å²) in [6.45, 7) is 11.1. The molecule has 6 rings (SSSR count). The molecule has 0 unspecified atom stereocenters. The molecule has 4 heteroatoms. The van der Waals surface area contributed by atoms with Crippen molar-refractivity contribution in [3.63, 3.8) is 0 Å². The minimum Gasteiger partial charge on any atom is -0.512 e. The number of rotatable bonds is 2. The molecule has 3 aliphatic carbocycles. The van der Waals surface area contributed by atoms with Crippen LogP contribution in [0.3, 0.4) is 0 Å². The van der Waals surface area contributed by atoms with Crippen LogP contribution in [0, 0.1) is 16.9 Å². The van der Waals surface area contributed by atoms with E-state index in [1.54, 1.807) is 11.1 Å². The van der Waals surface area contributed by atoms with E-state index in [2.05, 4.69) is 53.5 Å². The van der Waals surface area contributed by atoms with Crippen LogP contribution < -0.4 is 0 Å². The van der Waals surface area contributed by atoms with Gasteiger partial charge < -0.3 is 10.1 Å². The minimum atomic E-state index is -0.417. The van der Waals surface area contributed by atoms with Crippen LogP contribution in [0.5, 0.6) is 0 Å². The van der Waals surface area contributed by atoms with Crippen molar-refractivity contribution in [2.75, 3.05) is 0 Å². The Labute approximate surface area is 230 Å². The molecule has 1 N–H and O–H groups in total. The number of aliphatic hydroxyl groups excluding tert-OH is 1. The van der Waals surface area contributed by atoms with Crippen LogP contribution in [0.15, 0.2) is 60.5 Å². The third-order valence-electron chi connectivity index (χ3n) is 7.31. The number of carbonyl (C=O) groups is 1. The fourth-order valence-corrected chi connectivity index (χ4v) is 4.88. The van der Waals surface area contributed by atoms with Gasteiger partial charge in [0, 0.05) is 44.2 Å². The maximum atomic E-state index is 11.5. The summed E-state index contributed by atoms with van der Waals surface area (Å²) < 4.78 is 0. The smallest absolute Gasteiger partial charge is 0.164 e. The van der Waals surface area contributed by atoms with Gasteiger partial charge in [0.05, 0.1) is 0 Å². The summed E-state index contributed by atoms with van der Waals surface area (Å²) in [6, 6.07) is 18.7. The quantitative estimate of drug-likeness (QED) is 0.170. The Kier molecular flexibility index (Phi) is 8.66. The molecule has 1 heterocycles. The topological polar surface area (TPSA) is 50.2 Å². The molecule has 1 aromatic heterocycles. The predicted molar refractivity (Wildman–Crippen MR) is 145 cm³/mol. The van der Waals surface area contributed by atoms with Gasteiger partial charge in [-0.15, -0.1) is 34.9 Å². The summed E-state index contributed by atoms with van der Waals surface area (Å²) >= 11 is 0. The van der Waals surface area contributed by atoms with Gasteiger partial charge in [0.15, 0.2) is 5.78 Å². The average Bonchev–Trinajstić information content (AvgIpc) is 2.83. The molecule has 0 radical (unpaired) electrons. The maximum Gasteiger partial charge on any atom is 0.164 e. The SMILES string of the molecule is CC(C)(C)C(=O)C=C(O)C(C)(C)C.[Pt].[c-]1cc2c(cc1-c1cc3ccccc3cn1)C1CCC2CC1. The first-order valence-corrected chi connectivity index (χ1v) is 12.8. The van der Waals surface area contributed by atoms with E-state index in [9.17, 15) is 9.90 Å². The molecule has 0 amide bonds. The largest absolute Gasteiger partial charge is 0.512 e.